The quantitative estimate of drug-likeness (QED) is 0.538. The number of benzene rings is 2. The van der Waals surface area contributed by atoms with E-state index in [1.54, 1.807) is 18.3 Å². The van der Waals surface area contributed by atoms with Gasteiger partial charge in [-0.1, -0.05) is 41.7 Å². The maximum Gasteiger partial charge on any atom is 0.260 e. The van der Waals surface area contributed by atoms with Crippen LogP contribution in [0.5, 0.6) is 0 Å². The van der Waals surface area contributed by atoms with Crippen LogP contribution in [0, 0.1) is 0 Å². The summed E-state index contributed by atoms with van der Waals surface area (Å²) in [6, 6.07) is 15.8. The summed E-state index contributed by atoms with van der Waals surface area (Å²) in [6.45, 7) is 0. The Hall–Kier alpha value is -2.44. The Morgan fingerprint density at radius 1 is 1.12 bits per heavy atom. The number of aromatic nitrogens is 2. The second kappa shape index (κ2) is 6.22. The molecule has 0 atom stereocenters. The number of anilines is 1. The van der Waals surface area contributed by atoms with Gasteiger partial charge in [-0.3, -0.25) is 10.1 Å². The van der Waals surface area contributed by atoms with Crippen LogP contribution in [0.15, 0.2) is 59.8 Å². The van der Waals surface area contributed by atoms with Crippen molar-refractivity contribution in [3.05, 3.63) is 60.3 Å². The normalized spacial score (nSPS) is 11.0. The largest absolute Gasteiger partial charge is 0.298 e. The Bertz CT molecular complexity index is 1060. The van der Waals surface area contributed by atoms with Gasteiger partial charge in [0.2, 0.25) is 0 Å². The summed E-state index contributed by atoms with van der Waals surface area (Å²) < 4.78 is 1.06. The first kappa shape index (κ1) is 15.1. The van der Waals surface area contributed by atoms with Crippen LogP contribution in [0.1, 0.15) is 10.4 Å². The third kappa shape index (κ3) is 2.64. The Kier molecular flexibility index (Phi) is 3.92. The smallest absolute Gasteiger partial charge is 0.260 e. The molecule has 0 saturated carbocycles. The predicted molar refractivity (Wildman–Crippen MR) is 101 cm³/mol. The Morgan fingerprint density at radius 2 is 2.00 bits per heavy atom. The zero-order chi connectivity index (χ0) is 16.5. The molecule has 2 aromatic heterocycles. The van der Waals surface area contributed by atoms with Crippen LogP contribution in [0.3, 0.4) is 0 Å². The Morgan fingerprint density at radius 3 is 2.88 bits per heavy atom. The summed E-state index contributed by atoms with van der Waals surface area (Å²) in [5, 5.41) is 6.45. The van der Waals surface area contributed by atoms with Crippen LogP contribution in [-0.2, 0) is 0 Å². The minimum absolute atomic E-state index is 0.184. The van der Waals surface area contributed by atoms with E-state index in [0.29, 0.717) is 15.7 Å². The molecule has 0 unspecified atom stereocenters. The summed E-state index contributed by atoms with van der Waals surface area (Å²) in [5.41, 5.74) is 1.48. The average molecular weight is 351 g/mol. The van der Waals surface area contributed by atoms with Crippen molar-refractivity contribution in [2.45, 2.75) is 5.03 Å². The van der Waals surface area contributed by atoms with Crippen LogP contribution in [-0.4, -0.2) is 22.1 Å². The topological polar surface area (TPSA) is 54.9 Å². The maximum atomic E-state index is 12.5. The number of hydrogen-bond acceptors (Lipinski definition) is 5. The second-order valence-electron chi connectivity index (χ2n) is 5.17. The highest BCUT2D eigenvalue weighted by molar-refractivity contribution is 7.98. The molecule has 0 radical (unpaired) electrons. The first-order valence-electron chi connectivity index (χ1n) is 7.35. The average Bonchev–Trinajstić information content (AvgIpc) is 3.04. The number of carbonyl (C=O) groups excluding carboxylic acids is 1. The van der Waals surface area contributed by atoms with E-state index in [4.69, 9.17) is 0 Å². The van der Waals surface area contributed by atoms with Crippen LogP contribution in [0.25, 0.3) is 21.0 Å². The van der Waals surface area contributed by atoms with E-state index in [1.165, 1.54) is 23.1 Å². The van der Waals surface area contributed by atoms with E-state index < -0.39 is 0 Å². The van der Waals surface area contributed by atoms with Crippen molar-refractivity contribution in [3.8, 4) is 0 Å². The lowest BCUT2D eigenvalue weighted by atomic mass is 10.1. The molecule has 0 spiro atoms. The number of pyridine rings is 1. The highest BCUT2D eigenvalue weighted by Crippen LogP contribution is 2.32. The zero-order valence-corrected chi connectivity index (χ0v) is 14.4. The molecular weight excluding hydrogens is 338 g/mol. The number of thiazole rings is 1. The third-order valence-corrected chi connectivity index (χ3v) is 5.36. The van der Waals surface area contributed by atoms with Crippen LogP contribution in [0.2, 0.25) is 0 Å². The molecule has 1 amide bonds. The summed E-state index contributed by atoms with van der Waals surface area (Å²) in [4.78, 5) is 21.4. The van der Waals surface area contributed by atoms with Crippen LogP contribution in [0.4, 0.5) is 5.13 Å². The van der Waals surface area contributed by atoms with E-state index in [2.05, 4.69) is 33.5 Å². The monoisotopic (exact) mass is 351 g/mol. The number of rotatable bonds is 3. The van der Waals surface area contributed by atoms with E-state index in [9.17, 15) is 4.79 Å². The van der Waals surface area contributed by atoms with Crippen molar-refractivity contribution >= 4 is 55.1 Å². The second-order valence-corrected chi connectivity index (χ2v) is 6.99. The van der Waals surface area contributed by atoms with Gasteiger partial charge >= 0.3 is 0 Å². The third-order valence-electron chi connectivity index (χ3n) is 3.71. The fraction of sp³-hybridized carbons (Fsp3) is 0.0556. The molecular formula is C18H13N3OS2. The van der Waals surface area contributed by atoms with Gasteiger partial charge in [0.25, 0.3) is 5.91 Å². The SMILES string of the molecule is CSc1ncccc1C(=O)Nc1nc2c(ccc3ccccc32)s1. The molecule has 0 aliphatic rings. The Labute approximate surface area is 146 Å². The number of nitrogens with one attached hydrogen (secondary N) is 1. The number of nitrogens with zero attached hydrogens (tertiary/aromatic N) is 2. The molecule has 2 heterocycles. The van der Waals surface area contributed by atoms with Gasteiger partial charge in [0, 0.05) is 11.6 Å². The van der Waals surface area contributed by atoms with Crippen molar-refractivity contribution in [2.75, 3.05) is 11.6 Å². The number of fused-ring (bicyclic) bond motifs is 3. The van der Waals surface area contributed by atoms with Gasteiger partial charge in [-0.05, 0) is 29.8 Å². The number of hydrogen-bond donors (Lipinski definition) is 1. The Balaban J connectivity index is 1.72. The van der Waals surface area contributed by atoms with Crippen molar-refractivity contribution in [2.24, 2.45) is 0 Å². The summed E-state index contributed by atoms with van der Waals surface area (Å²) in [5.74, 6) is -0.184. The molecule has 0 fully saturated rings. The molecule has 118 valence electrons. The summed E-state index contributed by atoms with van der Waals surface area (Å²) in [6.07, 6.45) is 3.59. The lowest BCUT2D eigenvalue weighted by molar-refractivity contribution is 0.102. The molecule has 24 heavy (non-hydrogen) atoms. The lowest BCUT2D eigenvalue weighted by Crippen LogP contribution is -2.13. The molecule has 4 aromatic rings. The molecule has 4 nitrogen and oxygen atoms in total. The van der Waals surface area contributed by atoms with Crippen molar-refractivity contribution in [3.63, 3.8) is 0 Å². The van der Waals surface area contributed by atoms with Crippen molar-refractivity contribution in [1.29, 1.82) is 0 Å². The lowest BCUT2D eigenvalue weighted by Gasteiger charge is -2.04. The van der Waals surface area contributed by atoms with Gasteiger partial charge in [0.1, 0.15) is 5.03 Å². The van der Waals surface area contributed by atoms with Crippen LogP contribution >= 0.6 is 23.1 Å². The first-order chi connectivity index (χ1) is 11.8. The first-order valence-corrected chi connectivity index (χ1v) is 9.39. The van der Waals surface area contributed by atoms with Gasteiger partial charge < -0.3 is 0 Å². The van der Waals surface area contributed by atoms with E-state index in [1.807, 2.05) is 24.5 Å². The number of thioether (sulfide) groups is 1. The van der Waals surface area contributed by atoms with E-state index in [-0.39, 0.29) is 5.91 Å². The molecule has 6 heteroatoms. The number of carbonyl (C=O) groups is 1. The standard InChI is InChI=1S/C18H13N3OS2/c1-23-17-13(7-4-10-19-17)16(22)21-18-20-15-12-6-3-2-5-11(12)8-9-14(15)24-18/h2-10H,1H3,(H,20,21,22). The number of amides is 1. The molecule has 0 aliphatic carbocycles. The highest BCUT2D eigenvalue weighted by Gasteiger charge is 2.14. The van der Waals surface area contributed by atoms with E-state index >= 15 is 0 Å². The summed E-state index contributed by atoms with van der Waals surface area (Å²) in [7, 11) is 0. The van der Waals surface area contributed by atoms with Gasteiger partial charge in [-0.15, -0.1) is 11.8 Å². The highest BCUT2D eigenvalue weighted by atomic mass is 32.2. The minimum atomic E-state index is -0.184. The minimum Gasteiger partial charge on any atom is -0.298 e. The van der Waals surface area contributed by atoms with Gasteiger partial charge in [0.15, 0.2) is 5.13 Å². The molecule has 0 saturated heterocycles. The molecule has 0 aliphatic heterocycles. The van der Waals surface area contributed by atoms with Crippen LogP contribution < -0.4 is 5.32 Å². The van der Waals surface area contributed by atoms with Crippen molar-refractivity contribution in [1.82, 2.24) is 9.97 Å². The van der Waals surface area contributed by atoms with Gasteiger partial charge in [0.05, 0.1) is 15.8 Å². The fourth-order valence-corrected chi connectivity index (χ4v) is 4.03. The summed E-state index contributed by atoms with van der Waals surface area (Å²) >= 11 is 2.93. The maximum absolute atomic E-state index is 12.5. The molecule has 4 rings (SSSR count). The van der Waals surface area contributed by atoms with Crippen molar-refractivity contribution < 1.29 is 4.79 Å². The zero-order valence-electron chi connectivity index (χ0n) is 12.8. The molecule has 0 bridgehead atoms. The molecule has 2 aromatic carbocycles. The fourth-order valence-electron chi connectivity index (χ4n) is 2.61. The molecule has 1 N–H and O–H groups in total. The predicted octanol–water partition coefficient (Wildman–Crippen LogP) is 4.82. The van der Waals surface area contributed by atoms with E-state index in [0.717, 1.165) is 21.0 Å². The van der Waals surface area contributed by atoms with Gasteiger partial charge in [-0.25, -0.2) is 9.97 Å². The van der Waals surface area contributed by atoms with Gasteiger partial charge in [-0.2, -0.15) is 0 Å².